The first-order valence-electron chi connectivity index (χ1n) is 10.9. The van der Waals surface area contributed by atoms with Crippen molar-refractivity contribution in [2.45, 2.75) is 18.0 Å². The van der Waals surface area contributed by atoms with E-state index in [1.165, 1.54) is 16.4 Å². The quantitative estimate of drug-likeness (QED) is 0.421. The summed E-state index contributed by atoms with van der Waals surface area (Å²) in [6.07, 6.45) is 3.22. The van der Waals surface area contributed by atoms with E-state index in [0.717, 1.165) is 5.39 Å². The third-order valence-electron chi connectivity index (χ3n) is 5.71. The van der Waals surface area contributed by atoms with Gasteiger partial charge in [0.25, 0.3) is 5.56 Å². The molecule has 0 saturated carbocycles. The summed E-state index contributed by atoms with van der Waals surface area (Å²) in [5, 5.41) is 0.762. The molecule has 4 aromatic rings. The molecular formula is C25H23N3O6S. The van der Waals surface area contributed by atoms with Crippen molar-refractivity contribution in [2.24, 2.45) is 0 Å². The zero-order chi connectivity index (χ0) is 24.4. The Morgan fingerprint density at radius 3 is 2.63 bits per heavy atom. The summed E-state index contributed by atoms with van der Waals surface area (Å²) in [6, 6.07) is 15.1. The summed E-state index contributed by atoms with van der Waals surface area (Å²) >= 11 is 0. The lowest BCUT2D eigenvalue weighted by molar-refractivity contribution is 0.171. The van der Waals surface area contributed by atoms with Gasteiger partial charge >= 0.3 is 0 Å². The van der Waals surface area contributed by atoms with Crippen molar-refractivity contribution in [1.29, 1.82) is 0 Å². The molecule has 3 heterocycles. The van der Waals surface area contributed by atoms with Crippen molar-refractivity contribution < 1.29 is 22.6 Å². The number of sulfonamides is 1. The van der Waals surface area contributed by atoms with Crippen LogP contribution in [0.25, 0.3) is 10.9 Å². The highest BCUT2D eigenvalue weighted by molar-refractivity contribution is 7.89. The number of methoxy groups -OCH3 is 1. The molecule has 35 heavy (non-hydrogen) atoms. The maximum Gasteiger partial charge on any atom is 0.252 e. The molecule has 1 aliphatic rings. The molecule has 0 spiro atoms. The predicted molar refractivity (Wildman–Crippen MR) is 129 cm³/mol. The normalized spacial score (nSPS) is 13.2. The van der Waals surface area contributed by atoms with Crippen LogP contribution in [0.5, 0.6) is 17.2 Å². The Morgan fingerprint density at radius 1 is 1.03 bits per heavy atom. The number of H-pyrrole nitrogens is 1. The largest absolute Gasteiger partial charge is 0.497 e. The van der Waals surface area contributed by atoms with E-state index in [9.17, 15) is 13.2 Å². The van der Waals surface area contributed by atoms with Gasteiger partial charge in [-0.15, -0.1) is 0 Å². The van der Waals surface area contributed by atoms with Crippen LogP contribution in [-0.2, 0) is 23.1 Å². The van der Waals surface area contributed by atoms with Crippen LogP contribution in [0.2, 0.25) is 0 Å². The number of benzene rings is 2. The second-order valence-electron chi connectivity index (χ2n) is 8.02. The molecule has 180 valence electrons. The minimum absolute atomic E-state index is 0.0324. The summed E-state index contributed by atoms with van der Waals surface area (Å²) in [4.78, 5) is 19.9. The van der Waals surface area contributed by atoms with Crippen LogP contribution in [0, 0.1) is 0 Å². The van der Waals surface area contributed by atoms with E-state index >= 15 is 0 Å². The standard InChI is InChI=1S/C25H23N3O6S/c1-32-20-5-4-18-11-19(25(29)27-22(18)12-20)16-28(15-17-3-2-8-26-14-17)35(30,31)21-6-7-23-24(13-21)34-10-9-33-23/h2-8,11-14H,9-10,15-16H2,1H3,(H,27,29). The number of ether oxygens (including phenoxy) is 3. The molecule has 9 nitrogen and oxygen atoms in total. The fourth-order valence-electron chi connectivity index (χ4n) is 3.91. The highest BCUT2D eigenvalue weighted by atomic mass is 32.2. The highest BCUT2D eigenvalue weighted by Crippen LogP contribution is 2.33. The van der Waals surface area contributed by atoms with Gasteiger partial charge in [-0.3, -0.25) is 9.78 Å². The Morgan fingerprint density at radius 2 is 1.86 bits per heavy atom. The molecule has 5 rings (SSSR count). The second-order valence-corrected chi connectivity index (χ2v) is 9.95. The summed E-state index contributed by atoms with van der Waals surface area (Å²) in [5.74, 6) is 1.48. The van der Waals surface area contributed by atoms with Crippen LogP contribution >= 0.6 is 0 Å². The summed E-state index contributed by atoms with van der Waals surface area (Å²) in [5.41, 5.74) is 1.23. The maximum absolute atomic E-state index is 13.8. The number of nitrogens with one attached hydrogen (secondary N) is 1. The number of pyridine rings is 2. The SMILES string of the molecule is COc1ccc2cc(CN(Cc3cccnc3)S(=O)(=O)c3ccc4c(c3)OCCO4)c(=O)[nH]c2c1. The average Bonchev–Trinajstić information content (AvgIpc) is 2.88. The van der Waals surface area contributed by atoms with Gasteiger partial charge in [0, 0.05) is 43.2 Å². The van der Waals surface area contributed by atoms with E-state index in [-0.39, 0.29) is 23.5 Å². The molecule has 0 fully saturated rings. The molecule has 1 N–H and O–H groups in total. The van der Waals surface area contributed by atoms with Crippen molar-refractivity contribution in [3.05, 3.63) is 88.5 Å². The lowest BCUT2D eigenvalue weighted by Gasteiger charge is -2.24. The monoisotopic (exact) mass is 493 g/mol. The summed E-state index contributed by atoms with van der Waals surface area (Å²) in [7, 11) is -2.47. The van der Waals surface area contributed by atoms with Crippen LogP contribution in [-0.4, -0.2) is 43.0 Å². The van der Waals surface area contributed by atoms with Gasteiger partial charge in [-0.1, -0.05) is 6.07 Å². The molecule has 0 radical (unpaired) electrons. The minimum atomic E-state index is -4.01. The van der Waals surface area contributed by atoms with E-state index in [2.05, 4.69) is 9.97 Å². The van der Waals surface area contributed by atoms with Crippen molar-refractivity contribution in [3.63, 3.8) is 0 Å². The molecule has 1 aliphatic heterocycles. The van der Waals surface area contributed by atoms with Crippen molar-refractivity contribution in [1.82, 2.24) is 14.3 Å². The van der Waals surface area contributed by atoms with Gasteiger partial charge in [0.15, 0.2) is 11.5 Å². The zero-order valence-corrected chi connectivity index (χ0v) is 19.7. The van der Waals surface area contributed by atoms with Crippen LogP contribution < -0.4 is 19.8 Å². The Balaban J connectivity index is 1.55. The molecule has 2 aromatic heterocycles. The highest BCUT2D eigenvalue weighted by Gasteiger charge is 2.28. The molecule has 0 atom stereocenters. The van der Waals surface area contributed by atoms with Gasteiger partial charge in [0.05, 0.1) is 17.5 Å². The van der Waals surface area contributed by atoms with Crippen LogP contribution in [0.3, 0.4) is 0 Å². The number of fused-ring (bicyclic) bond motifs is 2. The lowest BCUT2D eigenvalue weighted by Crippen LogP contribution is -2.32. The molecule has 10 heteroatoms. The second kappa shape index (κ2) is 9.40. The van der Waals surface area contributed by atoms with Crippen molar-refractivity contribution in [3.8, 4) is 17.2 Å². The van der Waals surface area contributed by atoms with E-state index in [4.69, 9.17) is 14.2 Å². The van der Waals surface area contributed by atoms with E-state index in [1.807, 2.05) is 6.07 Å². The van der Waals surface area contributed by atoms with Gasteiger partial charge in [-0.25, -0.2) is 8.42 Å². The fraction of sp³-hybridized carbons (Fsp3) is 0.200. The first-order chi connectivity index (χ1) is 16.9. The van der Waals surface area contributed by atoms with Gasteiger partial charge in [-0.05, 0) is 47.3 Å². The third kappa shape index (κ3) is 4.71. The lowest BCUT2D eigenvalue weighted by atomic mass is 10.1. The van der Waals surface area contributed by atoms with E-state index < -0.39 is 10.0 Å². The number of aromatic nitrogens is 2. The minimum Gasteiger partial charge on any atom is -0.497 e. The number of hydrogen-bond acceptors (Lipinski definition) is 7. The first-order valence-corrected chi connectivity index (χ1v) is 12.4. The summed E-state index contributed by atoms with van der Waals surface area (Å²) < 4.78 is 45.1. The third-order valence-corrected chi connectivity index (χ3v) is 7.50. The van der Waals surface area contributed by atoms with E-state index in [1.54, 1.807) is 55.9 Å². The van der Waals surface area contributed by atoms with Crippen molar-refractivity contribution in [2.75, 3.05) is 20.3 Å². The molecule has 0 aliphatic carbocycles. The van der Waals surface area contributed by atoms with Gasteiger partial charge in [-0.2, -0.15) is 4.31 Å². The molecule has 0 saturated heterocycles. The topological polar surface area (TPSA) is 111 Å². The van der Waals surface area contributed by atoms with Gasteiger partial charge < -0.3 is 19.2 Å². The number of rotatable bonds is 7. The predicted octanol–water partition coefficient (Wildman–Crippen LogP) is 3.09. The maximum atomic E-state index is 13.8. The fourth-order valence-corrected chi connectivity index (χ4v) is 5.34. The first kappa shape index (κ1) is 22.9. The Hall–Kier alpha value is -3.89. The van der Waals surface area contributed by atoms with Gasteiger partial charge in [0.1, 0.15) is 19.0 Å². The summed E-state index contributed by atoms with van der Waals surface area (Å²) in [6.45, 7) is 0.643. The Bertz CT molecular complexity index is 1540. The van der Waals surface area contributed by atoms with Gasteiger partial charge in [0.2, 0.25) is 10.0 Å². The Kier molecular flexibility index (Phi) is 6.14. The van der Waals surface area contributed by atoms with Crippen LogP contribution in [0.1, 0.15) is 11.1 Å². The molecule has 0 unspecified atom stereocenters. The number of hydrogen-bond donors (Lipinski definition) is 1. The molecular weight excluding hydrogens is 470 g/mol. The average molecular weight is 494 g/mol. The molecule has 0 bridgehead atoms. The molecule has 0 amide bonds. The smallest absolute Gasteiger partial charge is 0.252 e. The molecule has 2 aromatic carbocycles. The van der Waals surface area contributed by atoms with Crippen LogP contribution in [0.15, 0.2) is 76.7 Å². The number of aromatic amines is 1. The van der Waals surface area contributed by atoms with Crippen LogP contribution in [0.4, 0.5) is 0 Å². The Labute approximate surface area is 202 Å². The number of nitrogens with zero attached hydrogens (tertiary/aromatic N) is 2. The van der Waals surface area contributed by atoms with E-state index in [0.29, 0.717) is 47.1 Å². The zero-order valence-electron chi connectivity index (χ0n) is 18.9. The van der Waals surface area contributed by atoms with Crippen molar-refractivity contribution >= 4 is 20.9 Å².